The third kappa shape index (κ3) is 3.75. The monoisotopic (exact) mass is 361 g/mol. The molecule has 136 valence electrons. The molecule has 2 amide bonds. The molecule has 7 heteroatoms. The number of carbonyl (C=O) groups excluding carboxylic acids is 2. The second kappa shape index (κ2) is 7.62. The highest BCUT2D eigenvalue weighted by Gasteiger charge is 2.14. The van der Waals surface area contributed by atoms with E-state index in [1.165, 1.54) is 0 Å². The third-order valence-electron chi connectivity index (χ3n) is 4.36. The van der Waals surface area contributed by atoms with Crippen molar-refractivity contribution in [3.05, 3.63) is 65.4 Å². The Kier molecular flexibility index (Phi) is 5.08. The number of fused-ring (bicyclic) bond motifs is 1. The van der Waals surface area contributed by atoms with Crippen LogP contribution in [0.5, 0.6) is 0 Å². The van der Waals surface area contributed by atoms with E-state index in [0.717, 1.165) is 22.2 Å². The maximum absolute atomic E-state index is 11.9. The summed E-state index contributed by atoms with van der Waals surface area (Å²) >= 11 is 0. The van der Waals surface area contributed by atoms with Crippen LogP contribution in [0.15, 0.2) is 48.5 Å². The van der Waals surface area contributed by atoms with Gasteiger partial charge in [-0.15, -0.1) is 0 Å². The number of para-hydroxylation sites is 1. The Hall–Kier alpha value is -3.79. The summed E-state index contributed by atoms with van der Waals surface area (Å²) in [5.74, 6) is -0.953. The Morgan fingerprint density at radius 1 is 1.15 bits per heavy atom. The molecule has 0 saturated carbocycles. The van der Waals surface area contributed by atoms with Crippen LogP contribution in [0, 0.1) is 11.3 Å². The lowest BCUT2D eigenvalue weighted by molar-refractivity contribution is -0.117. The molecule has 0 unspecified atom stereocenters. The number of nitrogens with one attached hydrogen (secondary N) is 2. The van der Waals surface area contributed by atoms with Crippen molar-refractivity contribution in [2.24, 2.45) is 12.8 Å². The summed E-state index contributed by atoms with van der Waals surface area (Å²) in [5, 5.41) is 16.3. The molecule has 0 atom stereocenters. The summed E-state index contributed by atoms with van der Waals surface area (Å²) in [4.78, 5) is 22.6. The second-order valence-electron chi connectivity index (χ2n) is 6.10. The molecule has 1 heterocycles. The van der Waals surface area contributed by atoms with Gasteiger partial charge in [0, 0.05) is 41.3 Å². The number of nitrogens with two attached hydrogens (primary N) is 1. The van der Waals surface area contributed by atoms with Gasteiger partial charge in [-0.2, -0.15) is 5.26 Å². The van der Waals surface area contributed by atoms with Gasteiger partial charge in [-0.1, -0.05) is 18.2 Å². The number of amides is 2. The van der Waals surface area contributed by atoms with Gasteiger partial charge in [0.05, 0.1) is 6.54 Å². The molecule has 0 radical (unpaired) electrons. The van der Waals surface area contributed by atoms with Gasteiger partial charge in [0.15, 0.2) is 0 Å². The van der Waals surface area contributed by atoms with E-state index in [4.69, 9.17) is 5.73 Å². The number of hydrogen-bond acceptors (Lipinski definition) is 4. The van der Waals surface area contributed by atoms with Crippen LogP contribution in [0.25, 0.3) is 10.9 Å². The lowest BCUT2D eigenvalue weighted by Gasteiger charge is -2.08. The fraction of sp³-hybridized carbons (Fsp3) is 0.150. The van der Waals surface area contributed by atoms with Crippen LogP contribution < -0.4 is 16.4 Å². The van der Waals surface area contributed by atoms with E-state index in [9.17, 15) is 14.9 Å². The third-order valence-corrected chi connectivity index (χ3v) is 4.36. The van der Waals surface area contributed by atoms with E-state index < -0.39 is 5.91 Å². The van der Waals surface area contributed by atoms with E-state index in [1.807, 2.05) is 35.9 Å². The molecule has 4 N–H and O–H groups in total. The van der Waals surface area contributed by atoms with Gasteiger partial charge in [0.1, 0.15) is 11.8 Å². The summed E-state index contributed by atoms with van der Waals surface area (Å²) in [5.41, 5.74) is 8.82. The molecule has 0 bridgehead atoms. The van der Waals surface area contributed by atoms with Gasteiger partial charge in [-0.25, -0.2) is 0 Å². The minimum atomic E-state index is -0.593. The molecule has 3 rings (SSSR count). The van der Waals surface area contributed by atoms with E-state index in [0.29, 0.717) is 17.8 Å². The zero-order chi connectivity index (χ0) is 19.4. The number of nitriles is 1. The SMILES string of the molecule is Cn1c(C#N)c(CNc2ccc(C(=O)NCC(N)=O)cc2)c2ccccc21. The molecular formula is C20H19N5O2. The molecule has 1 aromatic heterocycles. The van der Waals surface area contributed by atoms with Crippen LogP contribution >= 0.6 is 0 Å². The fourth-order valence-corrected chi connectivity index (χ4v) is 2.99. The van der Waals surface area contributed by atoms with Crippen LogP contribution in [0.1, 0.15) is 21.6 Å². The number of aromatic nitrogens is 1. The predicted molar refractivity (Wildman–Crippen MR) is 103 cm³/mol. The fourth-order valence-electron chi connectivity index (χ4n) is 2.99. The summed E-state index contributed by atoms with van der Waals surface area (Å²) in [6.07, 6.45) is 0. The highest BCUT2D eigenvalue weighted by atomic mass is 16.2. The topological polar surface area (TPSA) is 113 Å². The van der Waals surface area contributed by atoms with Gasteiger partial charge >= 0.3 is 0 Å². The Morgan fingerprint density at radius 2 is 1.85 bits per heavy atom. The average molecular weight is 361 g/mol. The van der Waals surface area contributed by atoms with Crippen molar-refractivity contribution < 1.29 is 9.59 Å². The van der Waals surface area contributed by atoms with Gasteiger partial charge < -0.3 is 20.9 Å². The molecule has 2 aromatic carbocycles. The van der Waals surface area contributed by atoms with E-state index in [2.05, 4.69) is 16.7 Å². The molecule has 7 nitrogen and oxygen atoms in total. The van der Waals surface area contributed by atoms with E-state index in [1.54, 1.807) is 24.3 Å². The number of primary amides is 1. The average Bonchev–Trinajstić information content (AvgIpc) is 2.96. The van der Waals surface area contributed by atoms with Crippen LogP contribution in [-0.4, -0.2) is 22.9 Å². The lowest BCUT2D eigenvalue weighted by Crippen LogP contribution is -2.33. The van der Waals surface area contributed by atoms with E-state index >= 15 is 0 Å². The second-order valence-corrected chi connectivity index (χ2v) is 6.10. The van der Waals surface area contributed by atoms with Crippen molar-refractivity contribution >= 4 is 28.4 Å². The van der Waals surface area contributed by atoms with Gasteiger partial charge in [-0.05, 0) is 30.3 Å². The summed E-state index contributed by atoms with van der Waals surface area (Å²) in [7, 11) is 1.88. The molecule has 0 aliphatic rings. The highest BCUT2D eigenvalue weighted by Crippen LogP contribution is 2.25. The van der Waals surface area contributed by atoms with Gasteiger partial charge in [0.2, 0.25) is 5.91 Å². The summed E-state index contributed by atoms with van der Waals surface area (Å²) < 4.78 is 1.89. The number of aryl methyl sites for hydroxylation is 1. The maximum atomic E-state index is 11.9. The highest BCUT2D eigenvalue weighted by molar-refractivity contribution is 5.96. The van der Waals surface area contributed by atoms with E-state index in [-0.39, 0.29) is 12.5 Å². The molecule has 0 aliphatic heterocycles. The van der Waals surface area contributed by atoms with Crippen LogP contribution in [0.3, 0.4) is 0 Å². The molecule has 0 saturated heterocycles. The summed E-state index contributed by atoms with van der Waals surface area (Å²) in [6, 6.07) is 17.0. The zero-order valence-electron chi connectivity index (χ0n) is 14.8. The van der Waals surface area contributed by atoms with Crippen LogP contribution in [0.4, 0.5) is 5.69 Å². The smallest absolute Gasteiger partial charge is 0.251 e. The number of rotatable bonds is 6. The predicted octanol–water partition coefficient (Wildman–Crippen LogP) is 1.88. The quantitative estimate of drug-likeness (QED) is 0.622. The number of carbonyl (C=O) groups is 2. The van der Waals surface area contributed by atoms with Crippen LogP contribution in [0.2, 0.25) is 0 Å². The lowest BCUT2D eigenvalue weighted by atomic mass is 10.1. The molecular weight excluding hydrogens is 342 g/mol. The van der Waals surface area contributed by atoms with Gasteiger partial charge in [0.25, 0.3) is 5.91 Å². The van der Waals surface area contributed by atoms with Crippen molar-refractivity contribution in [1.29, 1.82) is 5.26 Å². The first-order chi connectivity index (χ1) is 13.0. The maximum Gasteiger partial charge on any atom is 0.251 e. The molecule has 3 aromatic rings. The largest absolute Gasteiger partial charge is 0.381 e. The Bertz CT molecular complexity index is 1040. The standard InChI is InChI=1S/C20H19N5O2/c1-25-17-5-3-2-4-15(17)16(18(25)10-21)11-23-14-8-6-13(7-9-14)20(27)24-12-19(22)26/h2-9,23H,11-12H2,1H3,(H2,22,26)(H,24,27). The first-order valence-electron chi connectivity index (χ1n) is 8.38. The minimum absolute atomic E-state index is 0.198. The number of anilines is 1. The van der Waals surface area contributed by atoms with Crippen molar-refractivity contribution in [3.8, 4) is 6.07 Å². The summed E-state index contributed by atoms with van der Waals surface area (Å²) in [6.45, 7) is 0.286. The molecule has 0 aliphatic carbocycles. The van der Waals surface area contributed by atoms with Gasteiger partial charge in [-0.3, -0.25) is 9.59 Å². The first-order valence-corrected chi connectivity index (χ1v) is 8.38. The number of nitrogens with zero attached hydrogens (tertiary/aromatic N) is 2. The molecule has 0 spiro atoms. The first kappa shape index (κ1) is 18.0. The van der Waals surface area contributed by atoms with Crippen LogP contribution in [-0.2, 0) is 18.4 Å². The number of hydrogen-bond donors (Lipinski definition) is 3. The number of benzene rings is 2. The Labute approximate surface area is 156 Å². The van der Waals surface area contributed by atoms with Crippen molar-refractivity contribution in [2.75, 3.05) is 11.9 Å². The Morgan fingerprint density at radius 3 is 2.52 bits per heavy atom. The van der Waals surface area contributed by atoms with Crippen molar-refractivity contribution in [1.82, 2.24) is 9.88 Å². The molecule has 27 heavy (non-hydrogen) atoms. The zero-order valence-corrected chi connectivity index (χ0v) is 14.8. The molecule has 0 fully saturated rings. The van der Waals surface area contributed by atoms with Crippen molar-refractivity contribution in [2.45, 2.75) is 6.54 Å². The minimum Gasteiger partial charge on any atom is -0.381 e. The Balaban J connectivity index is 1.74. The normalized spacial score (nSPS) is 10.4. The van der Waals surface area contributed by atoms with Crippen molar-refractivity contribution in [3.63, 3.8) is 0 Å².